The summed E-state index contributed by atoms with van der Waals surface area (Å²) in [5.74, 6) is 1.53. The second-order valence-corrected chi connectivity index (χ2v) is 1.29. The lowest BCUT2D eigenvalue weighted by molar-refractivity contribution is 1.56. The molecule has 0 radical (unpaired) electrons. The zero-order chi connectivity index (χ0) is 4.12. The maximum atomic E-state index is 7.75. The molecule has 0 rings (SSSR count). The lowest BCUT2D eigenvalue weighted by atomic mass is 10.9. The quantitative estimate of drug-likeness (QED) is 0.401. The zero-order valence-corrected chi connectivity index (χ0v) is 3.87. The van der Waals surface area contributed by atoms with Gasteiger partial charge >= 0.3 is 0 Å². The molecule has 0 N–H and O–H groups in total. The van der Waals surface area contributed by atoms with Crippen molar-refractivity contribution in [3.8, 4) is 6.07 Å². The first-order chi connectivity index (χ1) is 2.41. The minimum atomic E-state index is 1.04. The van der Waals surface area contributed by atoms with E-state index in [1.54, 1.807) is 0 Å². The predicted molar refractivity (Wildman–Crippen MR) is 24.5 cm³/mol. The summed E-state index contributed by atoms with van der Waals surface area (Å²) in [5, 5.41) is 7.75. The largest absolute Gasteiger partial charge is 0.193 e. The van der Waals surface area contributed by atoms with Crippen molar-refractivity contribution in [1.29, 1.82) is 5.26 Å². The molecule has 0 aromatic rings. The summed E-state index contributed by atoms with van der Waals surface area (Å²) >= 11 is 0. The second-order valence-electron chi connectivity index (χ2n) is 0.516. The highest BCUT2D eigenvalue weighted by atomic mass is 31.1. The van der Waals surface area contributed by atoms with Gasteiger partial charge in [-0.25, -0.2) is 0 Å². The van der Waals surface area contributed by atoms with Gasteiger partial charge in [-0.05, 0) is 6.66 Å². The van der Waals surface area contributed by atoms with E-state index in [1.165, 1.54) is 5.80 Å². The highest BCUT2D eigenvalue weighted by molar-refractivity contribution is 7.38. The number of rotatable bonds is 0. The number of nitrogens with zero attached hydrogens (tertiary/aromatic N) is 1. The molecule has 0 aliphatic heterocycles. The predicted octanol–water partition coefficient (Wildman–Crippen LogP) is 0.888. The van der Waals surface area contributed by atoms with E-state index in [0.29, 0.717) is 0 Å². The number of hydrogen-bond acceptors (Lipinski definition) is 1. The van der Waals surface area contributed by atoms with Gasteiger partial charge in [0.1, 0.15) is 0 Å². The van der Waals surface area contributed by atoms with E-state index in [9.17, 15) is 0 Å². The topological polar surface area (TPSA) is 23.8 Å². The molecule has 0 saturated heterocycles. The Hall–Kier alpha value is -0.340. The summed E-state index contributed by atoms with van der Waals surface area (Å²) < 4.78 is 0. The molecule has 0 amide bonds. The molecule has 2 heteroatoms. The third-order valence-electron chi connectivity index (χ3n) is 0.187. The van der Waals surface area contributed by atoms with Gasteiger partial charge < -0.3 is 0 Å². The molecule has 0 spiro atoms. The average molecular weight is 85.0 g/mol. The van der Waals surface area contributed by atoms with Gasteiger partial charge in [0.2, 0.25) is 0 Å². The minimum absolute atomic E-state index is 1.04. The Kier molecular flexibility index (Phi) is 3.41. The summed E-state index contributed by atoms with van der Waals surface area (Å²) in [4.78, 5) is 0. The first-order valence-corrected chi connectivity index (χ1v) is 2.63. The van der Waals surface area contributed by atoms with E-state index < -0.39 is 0 Å². The van der Waals surface area contributed by atoms with Crippen molar-refractivity contribution in [1.82, 2.24) is 0 Å². The van der Waals surface area contributed by atoms with Gasteiger partial charge in [-0.2, -0.15) is 5.26 Å². The summed E-state index contributed by atoms with van der Waals surface area (Å²) in [5.41, 5.74) is 0. The average Bonchev–Trinajstić information content (AvgIpc) is 1.41. The molecule has 0 fully saturated rings. The van der Waals surface area contributed by atoms with Crippen molar-refractivity contribution in [2.45, 2.75) is 0 Å². The highest BCUT2D eigenvalue weighted by Crippen LogP contribution is 1.74. The van der Waals surface area contributed by atoms with Gasteiger partial charge in [-0.15, -0.1) is 0 Å². The minimum Gasteiger partial charge on any atom is -0.193 e. The summed E-state index contributed by atoms with van der Waals surface area (Å²) in [6, 6.07) is 1.88. The van der Waals surface area contributed by atoms with Crippen molar-refractivity contribution >= 4 is 14.0 Å². The molecule has 0 atom stereocenters. The van der Waals surface area contributed by atoms with Crippen molar-refractivity contribution in [2.24, 2.45) is 0 Å². The van der Waals surface area contributed by atoms with E-state index in [-0.39, 0.29) is 0 Å². The fourth-order valence-corrected chi connectivity index (χ4v) is 0.173. The molecule has 0 saturated carbocycles. The van der Waals surface area contributed by atoms with Gasteiger partial charge in [0.15, 0.2) is 0 Å². The van der Waals surface area contributed by atoms with Crippen molar-refractivity contribution in [3.05, 3.63) is 0 Å². The van der Waals surface area contributed by atoms with Crippen LogP contribution in [-0.4, -0.2) is 12.5 Å². The van der Waals surface area contributed by atoms with Crippen LogP contribution in [0.2, 0.25) is 0 Å². The zero-order valence-electron chi connectivity index (χ0n) is 2.97. The molecule has 0 unspecified atom stereocenters. The van der Waals surface area contributed by atoms with Crippen LogP contribution < -0.4 is 0 Å². The van der Waals surface area contributed by atoms with Crippen LogP contribution in [-0.2, 0) is 0 Å². The van der Waals surface area contributed by atoms with E-state index in [1.807, 2.05) is 12.7 Å². The Morgan fingerprint density at radius 2 is 2.60 bits per heavy atom. The molecule has 26 valence electrons. The van der Waals surface area contributed by atoms with Gasteiger partial charge in [0.25, 0.3) is 0 Å². The molecule has 0 bridgehead atoms. The fourth-order valence-electron chi connectivity index (χ4n) is 0.0577. The molecular weight excluding hydrogens is 81.0 g/mol. The van der Waals surface area contributed by atoms with Crippen molar-refractivity contribution in [3.63, 3.8) is 0 Å². The van der Waals surface area contributed by atoms with Crippen LogP contribution in [0.3, 0.4) is 0 Å². The van der Waals surface area contributed by atoms with Crippen LogP contribution >= 0.6 is 8.20 Å². The number of hydrogen-bond donors (Lipinski definition) is 0. The van der Waals surface area contributed by atoms with Gasteiger partial charge in [0.05, 0.1) is 6.07 Å². The van der Waals surface area contributed by atoms with Gasteiger partial charge in [0, 0.05) is 5.80 Å². The Labute approximate surface area is 33.0 Å². The molecule has 0 aliphatic carbocycles. The van der Waals surface area contributed by atoms with E-state index in [2.05, 4.69) is 0 Å². The van der Waals surface area contributed by atoms with Crippen LogP contribution in [0.25, 0.3) is 0 Å². The lowest BCUT2D eigenvalue weighted by Gasteiger charge is -1.47. The first-order valence-electron chi connectivity index (χ1n) is 1.22. The Morgan fingerprint density at radius 3 is 2.60 bits per heavy atom. The second kappa shape index (κ2) is 3.66. The van der Waals surface area contributed by atoms with Crippen molar-refractivity contribution in [2.75, 3.05) is 6.66 Å². The van der Waals surface area contributed by atoms with E-state index in [0.717, 1.165) is 8.20 Å². The molecule has 0 aromatic carbocycles. The van der Waals surface area contributed by atoms with Crippen LogP contribution in [0.15, 0.2) is 0 Å². The van der Waals surface area contributed by atoms with Crippen LogP contribution in [0.4, 0.5) is 0 Å². The Balaban J connectivity index is 3.04. The third-order valence-corrected chi connectivity index (χ3v) is 0.561. The highest BCUT2D eigenvalue weighted by Gasteiger charge is 1.46. The molecular formula is C3H4NP. The lowest BCUT2D eigenvalue weighted by Crippen LogP contribution is -1.44. The Bertz CT molecular complexity index is 69.5. The maximum Gasteiger partial charge on any atom is 0.0958 e. The fraction of sp³-hybridized carbons (Fsp3) is 0.333. The first kappa shape index (κ1) is 4.66. The smallest absolute Gasteiger partial charge is 0.0958 e. The normalized spacial score (nSPS) is 8.00. The molecule has 1 nitrogen and oxygen atoms in total. The number of nitriles is 1. The molecule has 0 heterocycles. The maximum absolute atomic E-state index is 7.75. The standard InChI is InChI=1S/C3H4NP/c1-5-3-2-4/h3H,1H3. The monoisotopic (exact) mass is 85.0 g/mol. The molecule has 0 aliphatic rings. The van der Waals surface area contributed by atoms with E-state index in [4.69, 9.17) is 5.26 Å². The Morgan fingerprint density at radius 1 is 2.00 bits per heavy atom. The van der Waals surface area contributed by atoms with Gasteiger partial charge in [-0.3, -0.25) is 0 Å². The molecule has 5 heavy (non-hydrogen) atoms. The van der Waals surface area contributed by atoms with E-state index >= 15 is 0 Å². The van der Waals surface area contributed by atoms with Crippen LogP contribution in [0, 0.1) is 11.3 Å². The van der Waals surface area contributed by atoms with Gasteiger partial charge in [-0.1, -0.05) is 8.20 Å². The molecule has 0 aromatic heterocycles. The third kappa shape index (κ3) is 3.66. The summed E-state index contributed by atoms with van der Waals surface area (Å²) in [6.45, 7) is 1.91. The summed E-state index contributed by atoms with van der Waals surface area (Å²) in [7, 11) is 1.04. The van der Waals surface area contributed by atoms with Crippen LogP contribution in [0.1, 0.15) is 0 Å². The van der Waals surface area contributed by atoms with Crippen molar-refractivity contribution < 1.29 is 0 Å². The van der Waals surface area contributed by atoms with Crippen LogP contribution in [0.5, 0.6) is 0 Å². The SMILES string of the molecule is CP=CC#N. The summed E-state index contributed by atoms with van der Waals surface area (Å²) in [6.07, 6.45) is 0.